The van der Waals surface area contributed by atoms with Crippen LogP contribution >= 0.6 is 0 Å². The lowest BCUT2D eigenvalue weighted by Gasteiger charge is -2.19. The lowest BCUT2D eigenvalue weighted by molar-refractivity contribution is -0.156. The molecule has 2 aromatic rings. The molecule has 0 fully saturated rings. The van der Waals surface area contributed by atoms with E-state index in [1.165, 1.54) is 0 Å². The van der Waals surface area contributed by atoms with E-state index in [0.717, 1.165) is 0 Å². The van der Waals surface area contributed by atoms with Gasteiger partial charge in [-0.25, -0.2) is 9.79 Å². The van der Waals surface area contributed by atoms with E-state index < -0.39 is 17.1 Å². The number of aliphatic imine (C=N–C) groups is 1. The first kappa shape index (κ1) is 23.8. The predicted molar refractivity (Wildman–Crippen MR) is 121 cm³/mol. The van der Waals surface area contributed by atoms with Crippen LogP contribution in [0.3, 0.4) is 0 Å². The third-order valence-electron chi connectivity index (χ3n) is 3.97. The van der Waals surface area contributed by atoms with Gasteiger partial charge in [0.2, 0.25) is 0 Å². The number of aromatic nitrogens is 1. The number of nitrogen functional groups attached to an aromatic ring is 1. The molecule has 0 aliphatic rings. The van der Waals surface area contributed by atoms with Crippen molar-refractivity contribution in [1.29, 1.82) is 0 Å². The number of carbonyl (C=O) groups is 2. The predicted octanol–water partition coefficient (Wildman–Crippen LogP) is 4.00. The second-order valence-corrected chi connectivity index (χ2v) is 9.07. The number of hydrogen-bond acceptors (Lipinski definition) is 6. The summed E-state index contributed by atoms with van der Waals surface area (Å²) in [6, 6.07) is 8.55. The zero-order valence-corrected chi connectivity index (χ0v) is 18.9. The van der Waals surface area contributed by atoms with Crippen LogP contribution in [0.15, 0.2) is 41.5 Å². The van der Waals surface area contributed by atoms with E-state index in [4.69, 9.17) is 20.9 Å². The van der Waals surface area contributed by atoms with Crippen LogP contribution in [0.5, 0.6) is 0 Å². The van der Waals surface area contributed by atoms with Crippen molar-refractivity contribution in [2.24, 2.45) is 16.1 Å². The number of nitrogens with two attached hydrogens (primary N) is 2. The highest BCUT2D eigenvalue weighted by molar-refractivity contribution is 6.03. The summed E-state index contributed by atoms with van der Waals surface area (Å²) in [6.45, 7) is 10.7. The highest BCUT2D eigenvalue weighted by Gasteiger charge is 2.23. The normalized spacial score (nSPS) is 12.4. The van der Waals surface area contributed by atoms with Crippen molar-refractivity contribution in [3.8, 4) is 0 Å². The standard InChI is InChI=1S/C22H31N5O4/c1-21(2,3)19(28)30-13-27-11-10-16(18(27)24)17(23)25-14-8-7-9-15(12-14)26-20(29)31-22(4,5)6/h7-12H,13,24H2,1-6H3,(H2,23,25)(H,26,29). The Balaban J connectivity index is 2.12. The molecule has 1 aromatic heterocycles. The zero-order chi connectivity index (χ0) is 23.4. The van der Waals surface area contributed by atoms with Crippen molar-refractivity contribution in [2.45, 2.75) is 53.9 Å². The van der Waals surface area contributed by atoms with Crippen molar-refractivity contribution in [3.05, 3.63) is 42.1 Å². The molecule has 0 saturated carbocycles. The lowest BCUT2D eigenvalue weighted by atomic mass is 9.98. The molecule has 0 aliphatic carbocycles. The number of ether oxygens (including phenoxy) is 2. The fraction of sp³-hybridized carbons (Fsp3) is 0.409. The van der Waals surface area contributed by atoms with Crippen LogP contribution in [0.25, 0.3) is 0 Å². The largest absolute Gasteiger partial charge is 0.444 e. The molecule has 0 bridgehead atoms. The van der Waals surface area contributed by atoms with E-state index in [2.05, 4.69) is 10.3 Å². The third-order valence-corrected chi connectivity index (χ3v) is 3.97. The number of hydrogen-bond donors (Lipinski definition) is 3. The zero-order valence-electron chi connectivity index (χ0n) is 18.9. The molecular formula is C22H31N5O4. The van der Waals surface area contributed by atoms with Crippen LogP contribution in [0.2, 0.25) is 0 Å². The first-order valence-electron chi connectivity index (χ1n) is 9.83. The van der Waals surface area contributed by atoms with E-state index in [1.54, 1.807) is 82.6 Å². The average Bonchev–Trinajstić information content (AvgIpc) is 2.98. The first-order valence-corrected chi connectivity index (χ1v) is 9.83. The smallest absolute Gasteiger partial charge is 0.412 e. The highest BCUT2D eigenvalue weighted by atomic mass is 16.6. The Labute approximate surface area is 182 Å². The molecule has 0 atom stereocenters. The quantitative estimate of drug-likeness (QED) is 0.374. The molecule has 2 rings (SSSR count). The minimum absolute atomic E-state index is 0.0233. The SMILES string of the molecule is CC(C)(C)OC(=O)Nc1cccc(N=C(N)c2ccn(COC(=O)C(C)(C)C)c2N)c1. The van der Waals surface area contributed by atoms with Crippen LogP contribution < -0.4 is 16.8 Å². The van der Waals surface area contributed by atoms with Crippen LogP contribution in [0.1, 0.15) is 47.1 Å². The topological polar surface area (TPSA) is 134 Å². The maximum atomic E-state index is 12.0. The molecular weight excluding hydrogens is 398 g/mol. The number of esters is 1. The van der Waals surface area contributed by atoms with Gasteiger partial charge >= 0.3 is 12.1 Å². The maximum Gasteiger partial charge on any atom is 0.412 e. The number of carbonyl (C=O) groups excluding carboxylic acids is 2. The van der Waals surface area contributed by atoms with Gasteiger partial charge in [0.15, 0.2) is 6.73 Å². The van der Waals surface area contributed by atoms with Crippen molar-refractivity contribution >= 4 is 35.1 Å². The summed E-state index contributed by atoms with van der Waals surface area (Å²) < 4.78 is 12.1. The Bertz CT molecular complexity index is 981. The fourth-order valence-corrected chi connectivity index (χ4v) is 2.43. The fourth-order valence-electron chi connectivity index (χ4n) is 2.43. The first-order chi connectivity index (χ1) is 14.3. The molecule has 168 valence electrons. The van der Waals surface area contributed by atoms with Crippen LogP contribution in [0.4, 0.5) is 22.0 Å². The van der Waals surface area contributed by atoms with Crippen molar-refractivity contribution < 1.29 is 19.1 Å². The molecule has 0 unspecified atom stereocenters. The molecule has 31 heavy (non-hydrogen) atoms. The molecule has 9 heteroatoms. The van der Waals surface area contributed by atoms with Gasteiger partial charge in [0.1, 0.15) is 17.3 Å². The summed E-state index contributed by atoms with van der Waals surface area (Å²) in [5.41, 5.74) is 12.6. The molecule has 0 aliphatic heterocycles. The molecule has 5 N–H and O–H groups in total. The van der Waals surface area contributed by atoms with Gasteiger partial charge in [0.05, 0.1) is 16.7 Å². The number of benzene rings is 1. The van der Waals surface area contributed by atoms with Gasteiger partial charge in [-0.05, 0) is 65.8 Å². The maximum absolute atomic E-state index is 12.0. The summed E-state index contributed by atoms with van der Waals surface area (Å²) in [6.07, 6.45) is 1.11. The van der Waals surface area contributed by atoms with Gasteiger partial charge < -0.3 is 25.5 Å². The van der Waals surface area contributed by atoms with Gasteiger partial charge in [0, 0.05) is 11.9 Å². The summed E-state index contributed by atoms with van der Waals surface area (Å²) in [5, 5.41) is 2.66. The molecule has 0 spiro atoms. The van der Waals surface area contributed by atoms with E-state index in [0.29, 0.717) is 22.8 Å². The lowest BCUT2D eigenvalue weighted by Crippen LogP contribution is -2.27. The van der Waals surface area contributed by atoms with E-state index in [9.17, 15) is 9.59 Å². The van der Waals surface area contributed by atoms with E-state index in [1.807, 2.05) is 0 Å². The number of nitrogens with zero attached hydrogens (tertiary/aromatic N) is 2. The minimum Gasteiger partial charge on any atom is -0.444 e. The van der Waals surface area contributed by atoms with Crippen molar-refractivity contribution in [1.82, 2.24) is 4.57 Å². The number of anilines is 2. The Morgan fingerprint density at radius 1 is 1.13 bits per heavy atom. The van der Waals surface area contributed by atoms with Gasteiger partial charge in [-0.15, -0.1) is 0 Å². The van der Waals surface area contributed by atoms with Gasteiger partial charge in [-0.2, -0.15) is 0 Å². The molecule has 0 radical (unpaired) electrons. The summed E-state index contributed by atoms with van der Waals surface area (Å²) in [7, 11) is 0. The Morgan fingerprint density at radius 3 is 2.42 bits per heavy atom. The number of amides is 1. The second-order valence-electron chi connectivity index (χ2n) is 9.07. The third kappa shape index (κ3) is 7.06. The monoisotopic (exact) mass is 429 g/mol. The Morgan fingerprint density at radius 2 is 1.81 bits per heavy atom. The van der Waals surface area contributed by atoms with Crippen LogP contribution in [0, 0.1) is 5.41 Å². The van der Waals surface area contributed by atoms with Crippen LogP contribution in [-0.4, -0.2) is 28.1 Å². The summed E-state index contributed by atoms with van der Waals surface area (Å²) >= 11 is 0. The summed E-state index contributed by atoms with van der Waals surface area (Å²) in [4.78, 5) is 28.3. The molecule has 1 aromatic carbocycles. The molecule has 0 saturated heterocycles. The van der Waals surface area contributed by atoms with Crippen molar-refractivity contribution in [2.75, 3.05) is 11.1 Å². The van der Waals surface area contributed by atoms with Gasteiger partial charge in [-0.1, -0.05) is 6.07 Å². The van der Waals surface area contributed by atoms with Gasteiger partial charge in [-0.3, -0.25) is 10.1 Å². The Hall–Kier alpha value is -3.49. The summed E-state index contributed by atoms with van der Waals surface area (Å²) in [5.74, 6) is 0.178. The molecule has 1 amide bonds. The van der Waals surface area contributed by atoms with E-state index >= 15 is 0 Å². The second kappa shape index (κ2) is 9.11. The van der Waals surface area contributed by atoms with Gasteiger partial charge in [0.25, 0.3) is 0 Å². The van der Waals surface area contributed by atoms with Crippen LogP contribution in [-0.2, 0) is 21.0 Å². The average molecular weight is 430 g/mol. The molecule has 9 nitrogen and oxygen atoms in total. The number of nitrogens with one attached hydrogen (secondary N) is 1. The highest BCUT2D eigenvalue weighted by Crippen LogP contribution is 2.22. The minimum atomic E-state index is -0.608. The van der Waals surface area contributed by atoms with Crippen molar-refractivity contribution in [3.63, 3.8) is 0 Å². The molecule has 1 heterocycles. The van der Waals surface area contributed by atoms with E-state index in [-0.39, 0.29) is 18.5 Å². The number of rotatable bonds is 5. The number of amidine groups is 1. The Kier molecular flexibility index (Phi) is 6.99.